The van der Waals surface area contributed by atoms with Crippen molar-refractivity contribution in [2.24, 2.45) is 0 Å². The van der Waals surface area contributed by atoms with Crippen LogP contribution in [0.25, 0.3) is 0 Å². The molecule has 0 fully saturated rings. The fraction of sp³-hybridized carbons (Fsp3) is 0.692. The molecule has 7 heteroatoms. The van der Waals surface area contributed by atoms with Crippen LogP contribution in [0.5, 0.6) is 0 Å². The summed E-state index contributed by atoms with van der Waals surface area (Å²) in [4.78, 5) is 0. The minimum Gasteiger partial charge on any atom is -0.383 e. The monoisotopic (exact) mass is 339 g/mol. The average Bonchev–Trinajstić information content (AvgIpc) is 2.93. The topological polar surface area (TPSA) is 46.6 Å². The predicted molar refractivity (Wildman–Crippen MR) is 84.0 cm³/mol. The molecule has 0 aliphatic heterocycles. The molecule has 0 unspecified atom stereocenters. The Hall–Kier alpha value is -0.140. The summed E-state index contributed by atoms with van der Waals surface area (Å²) < 4.78 is 32.5. The van der Waals surface area contributed by atoms with Crippen molar-refractivity contribution in [3.05, 3.63) is 17.0 Å². The maximum Gasteiger partial charge on any atom is 0.252 e. The van der Waals surface area contributed by atoms with Crippen molar-refractivity contribution in [3.8, 4) is 0 Å². The highest BCUT2D eigenvalue weighted by molar-refractivity contribution is 7.91. The van der Waals surface area contributed by atoms with E-state index in [-0.39, 0.29) is 6.04 Å². The third-order valence-electron chi connectivity index (χ3n) is 3.21. The van der Waals surface area contributed by atoms with E-state index in [1.807, 2.05) is 13.8 Å². The Morgan fingerprint density at radius 2 is 2.05 bits per heavy atom. The van der Waals surface area contributed by atoms with E-state index in [1.165, 1.54) is 11.3 Å². The van der Waals surface area contributed by atoms with Crippen molar-refractivity contribution < 1.29 is 13.2 Å². The molecule has 1 heterocycles. The van der Waals surface area contributed by atoms with Gasteiger partial charge in [0.1, 0.15) is 4.21 Å². The lowest BCUT2D eigenvalue weighted by Crippen LogP contribution is -2.41. The Bertz CT molecular complexity index is 497. The maximum absolute atomic E-state index is 12.8. The van der Waals surface area contributed by atoms with Crippen molar-refractivity contribution in [3.63, 3.8) is 0 Å². The van der Waals surface area contributed by atoms with E-state index < -0.39 is 10.0 Å². The number of alkyl halides is 1. The van der Waals surface area contributed by atoms with Crippen molar-refractivity contribution in [1.29, 1.82) is 0 Å². The Balaban J connectivity index is 3.08. The van der Waals surface area contributed by atoms with Gasteiger partial charge in [0.25, 0.3) is 10.0 Å². The Morgan fingerprint density at radius 1 is 1.40 bits per heavy atom. The SMILES string of the molecule is CCC(CC)N(CCOC)S(=O)(=O)c1cc(CCl)cs1. The lowest BCUT2D eigenvalue weighted by Gasteiger charge is -2.28. The van der Waals surface area contributed by atoms with E-state index in [2.05, 4.69) is 0 Å². The molecule has 0 atom stereocenters. The molecule has 0 saturated carbocycles. The van der Waals surface area contributed by atoms with Crippen LogP contribution in [0.15, 0.2) is 15.7 Å². The second-order valence-electron chi connectivity index (χ2n) is 4.49. The average molecular weight is 340 g/mol. The highest BCUT2D eigenvalue weighted by atomic mass is 35.5. The quantitative estimate of drug-likeness (QED) is 0.648. The highest BCUT2D eigenvalue weighted by Crippen LogP contribution is 2.27. The van der Waals surface area contributed by atoms with Crippen LogP contribution in [0.1, 0.15) is 32.3 Å². The fourth-order valence-electron chi connectivity index (χ4n) is 2.05. The standard InChI is InChI=1S/C13H22ClNO3S2/c1-4-12(5-2)15(6-7-18-3)20(16,17)13-8-11(9-14)10-19-13/h8,10,12H,4-7,9H2,1-3H3. The van der Waals surface area contributed by atoms with Crippen LogP contribution in [0.3, 0.4) is 0 Å². The van der Waals surface area contributed by atoms with Crippen LogP contribution in [-0.4, -0.2) is 39.0 Å². The lowest BCUT2D eigenvalue weighted by atomic mass is 10.2. The first-order valence-corrected chi connectivity index (χ1v) is 9.50. The highest BCUT2D eigenvalue weighted by Gasteiger charge is 2.30. The molecule has 0 spiro atoms. The molecular weight excluding hydrogens is 318 g/mol. The summed E-state index contributed by atoms with van der Waals surface area (Å²) in [5, 5.41) is 1.79. The molecule has 0 bridgehead atoms. The molecule has 116 valence electrons. The van der Waals surface area contributed by atoms with Gasteiger partial charge in [-0.05, 0) is 29.9 Å². The van der Waals surface area contributed by atoms with Gasteiger partial charge in [0.2, 0.25) is 0 Å². The maximum atomic E-state index is 12.8. The number of hydrogen-bond donors (Lipinski definition) is 0. The van der Waals surface area contributed by atoms with Crippen molar-refractivity contribution in [2.45, 2.75) is 42.8 Å². The largest absolute Gasteiger partial charge is 0.383 e. The number of rotatable bonds is 9. The third kappa shape index (κ3) is 4.18. The van der Waals surface area contributed by atoms with Crippen molar-refractivity contribution in [1.82, 2.24) is 4.31 Å². The molecule has 0 aliphatic rings. The van der Waals surface area contributed by atoms with Gasteiger partial charge in [0.15, 0.2) is 0 Å². The Kier molecular flexibility index (Phi) is 7.47. The molecule has 1 rings (SSSR count). The van der Waals surface area contributed by atoms with E-state index in [1.54, 1.807) is 22.9 Å². The molecule has 1 aromatic heterocycles. The van der Waals surface area contributed by atoms with Gasteiger partial charge in [-0.25, -0.2) is 8.42 Å². The number of methoxy groups -OCH3 is 1. The van der Waals surface area contributed by atoms with Crippen molar-refractivity contribution in [2.75, 3.05) is 20.3 Å². The molecule has 20 heavy (non-hydrogen) atoms. The number of sulfonamides is 1. The van der Waals surface area contributed by atoms with Gasteiger partial charge in [-0.3, -0.25) is 0 Å². The molecule has 1 aromatic rings. The summed E-state index contributed by atoms with van der Waals surface area (Å²) in [7, 11) is -1.89. The minimum atomic E-state index is -3.47. The van der Waals surface area contributed by atoms with E-state index in [0.717, 1.165) is 18.4 Å². The zero-order valence-corrected chi connectivity index (χ0v) is 14.5. The van der Waals surface area contributed by atoms with E-state index in [0.29, 0.717) is 23.2 Å². The molecule has 0 aliphatic carbocycles. The first kappa shape index (κ1) is 17.9. The van der Waals surface area contributed by atoms with Crippen LogP contribution >= 0.6 is 22.9 Å². The van der Waals surface area contributed by atoms with Gasteiger partial charge in [-0.15, -0.1) is 22.9 Å². The molecule has 4 nitrogen and oxygen atoms in total. The van der Waals surface area contributed by atoms with E-state index in [9.17, 15) is 8.42 Å². The van der Waals surface area contributed by atoms with Crippen LogP contribution in [0, 0.1) is 0 Å². The zero-order chi connectivity index (χ0) is 15.2. The summed E-state index contributed by atoms with van der Waals surface area (Å²) in [6.07, 6.45) is 1.57. The number of hydrogen-bond acceptors (Lipinski definition) is 4. The first-order chi connectivity index (χ1) is 9.51. The van der Waals surface area contributed by atoms with Gasteiger partial charge < -0.3 is 4.74 Å². The number of nitrogens with zero attached hydrogens (tertiary/aromatic N) is 1. The molecule has 0 amide bonds. The van der Waals surface area contributed by atoms with Crippen LogP contribution < -0.4 is 0 Å². The van der Waals surface area contributed by atoms with Gasteiger partial charge in [0, 0.05) is 25.6 Å². The third-order valence-corrected chi connectivity index (χ3v) is 6.94. The summed E-state index contributed by atoms with van der Waals surface area (Å²) in [5.41, 5.74) is 0.839. The Labute approximate surface area is 130 Å². The zero-order valence-electron chi connectivity index (χ0n) is 12.1. The van der Waals surface area contributed by atoms with Gasteiger partial charge in [-0.1, -0.05) is 13.8 Å². The molecule has 0 aromatic carbocycles. The molecule has 0 radical (unpaired) electrons. The number of ether oxygens (including phenoxy) is 1. The molecular formula is C13H22ClNO3S2. The predicted octanol–water partition coefficient (Wildman–Crippen LogP) is 3.31. The van der Waals surface area contributed by atoms with Gasteiger partial charge in [0.05, 0.1) is 6.61 Å². The van der Waals surface area contributed by atoms with Gasteiger partial charge in [-0.2, -0.15) is 4.31 Å². The number of halogens is 1. The fourth-order valence-corrected chi connectivity index (χ4v) is 5.39. The summed E-state index contributed by atoms with van der Waals surface area (Å²) in [6, 6.07) is 1.66. The number of thiophene rings is 1. The normalized spacial score (nSPS) is 12.5. The smallest absolute Gasteiger partial charge is 0.252 e. The van der Waals surface area contributed by atoms with Crippen LogP contribution in [0.2, 0.25) is 0 Å². The van der Waals surface area contributed by atoms with Crippen molar-refractivity contribution >= 4 is 33.0 Å². The Morgan fingerprint density at radius 3 is 2.50 bits per heavy atom. The summed E-state index contributed by atoms with van der Waals surface area (Å²) in [5.74, 6) is 0.328. The van der Waals surface area contributed by atoms with Crippen LogP contribution in [-0.2, 0) is 20.6 Å². The molecule has 0 saturated heterocycles. The lowest BCUT2D eigenvalue weighted by molar-refractivity contribution is 0.163. The van der Waals surface area contributed by atoms with Gasteiger partial charge >= 0.3 is 0 Å². The summed E-state index contributed by atoms with van der Waals surface area (Å²) >= 11 is 6.98. The summed E-state index contributed by atoms with van der Waals surface area (Å²) in [6.45, 7) is 4.77. The van der Waals surface area contributed by atoms with E-state index in [4.69, 9.17) is 16.3 Å². The minimum absolute atomic E-state index is 0.00305. The van der Waals surface area contributed by atoms with Crippen LogP contribution in [0.4, 0.5) is 0 Å². The second-order valence-corrected chi connectivity index (χ2v) is 7.78. The first-order valence-electron chi connectivity index (χ1n) is 6.65. The van der Waals surface area contributed by atoms with E-state index >= 15 is 0 Å². The second kappa shape index (κ2) is 8.34. The molecule has 0 N–H and O–H groups in total.